The number of amides is 1. The molecule has 0 fully saturated rings. The first kappa shape index (κ1) is 22.1. The van der Waals surface area contributed by atoms with Crippen LogP contribution in [0.15, 0.2) is 72.8 Å². The van der Waals surface area contributed by atoms with E-state index in [1.165, 1.54) is 14.0 Å². The molecule has 4 aromatic rings. The summed E-state index contributed by atoms with van der Waals surface area (Å²) < 4.78 is 11.0. The van der Waals surface area contributed by atoms with Crippen molar-refractivity contribution in [3.8, 4) is 11.5 Å². The number of carbonyl (C=O) groups excluding carboxylic acids is 2. The number of aromatic nitrogens is 2. The maximum atomic E-state index is 12.8. The number of imidazole rings is 1. The maximum absolute atomic E-state index is 12.8. The number of fused-ring (bicyclic) bond motifs is 1. The minimum absolute atomic E-state index is 0.0767. The minimum atomic E-state index is -0.363. The van der Waals surface area contributed by atoms with Crippen LogP contribution in [0.4, 0.5) is 0 Å². The standard InChI is InChI=1S/C26H25N3O4/c1-17(30)19-12-13-23(24(15-19)32-2)33-16-25(31)27-22(14-18-8-4-3-5-9-18)26-28-20-10-6-7-11-21(20)29-26/h3-13,15,22H,14,16H2,1-2H3,(H,27,31)(H,28,29)/t22-/m0/s1. The number of H-pyrrole nitrogens is 1. The molecule has 4 rings (SSSR count). The second-order valence-corrected chi connectivity index (χ2v) is 7.66. The van der Waals surface area contributed by atoms with E-state index in [4.69, 9.17) is 9.47 Å². The number of nitrogens with one attached hydrogen (secondary N) is 2. The lowest BCUT2D eigenvalue weighted by molar-refractivity contribution is -0.123. The Hall–Kier alpha value is -4.13. The molecule has 33 heavy (non-hydrogen) atoms. The zero-order chi connectivity index (χ0) is 23.2. The number of nitrogens with zero attached hydrogens (tertiary/aromatic N) is 1. The number of benzene rings is 3. The quantitative estimate of drug-likeness (QED) is 0.377. The van der Waals surface area contributed by atoms with Gasteiger partial charge in [0.1, 0.15) is 5.82 Å². The smallest absolute Gasteiger partial charge is 0.258 e. The number of ketones is 1. The summed E-state index contributed by atoms with van der Waals surface area (Å²) in [4.78, 5) is 32.4. The molecular formula is C26H25N3O4. The molecule has 0 aliphatic heterocycles. The number of ether oxygens (including phenoxy) is 2. The third-order valence-electron chi connectivity index (χ3n) is 5.28. The Balaban J connectivity index is 1.50. The lowest BCUT2D eigenvalue weighted by Gasteiger charge is -2.18. The zero-order valence-electron chi connectivity index (χ0n) is 18.5. The fraction of sp³-hybridized carbons (Fsp3) is 0.192. The average Bonchev–Trinajstić information content (AvgIpc) is 3.27. The molecule has 7 nitrogen and oxygen atoms in total. The molecular weight excluding hydrogens is 418 g/mol. The Morgan fingerprint density at radius 1 is 1.00 bits per heavy atom. The minimum Gasteiger partial charge on any atom is -0.493 e. The number of hydrogen-bond donors (Lipinski definition) is 2. The van der Waals surface area contributed by atoms with Gasteiger partial charge in [0.25, 0.3) is 5.91 Å². The Bertz CT molecular complexity index is 1230. The molecule has 0 unspecified atom stereocenters. The summed E-state index contributed by atoms with van der Waals surface area (Å²) in [5.41, 5.74) is 3.33. The van der Waals surface area contributed by atoms with Crippen LogP contribution in [-0.4, -0.2) is 35.4 Å². The summed E-state index contributed by atoms with van der Waals surface area (Å²) in [5, 5.41) is 3.03. The van der Waals surface area contributed by atoms with E-state index in [1.807, 2.05) is 54.6 Å². The molecule has 2 N–H and O–H groups in total. The van der Waals surface area contributed by atoms with Crippen LogP contribution >= 0.6 is 0 Å². The predicted molar refractivity (Wildman–Crippen MR) is 126 cm³/mol. The van der Waals surface area contributed by atoms with Gasteiger partial charge in [-0.2, -0.15) is 0 Å². The third kappa shape index (κ3) is 5.38. The number of hydrogen-bond acceptors (Lipinski definition) is 5. The Labute approximate surface area is 191 Å². The van der Waals surface area contributed by atoms with E-state index in [1.54, 1.807) is 18.2 Å². The van der Waals surface area contributed by atoms with Gasteiger partial charge in [0.05, 0.1) is 24.2 Å². The molecule has 7 heteroatoms. The van der Waals surface area contributed by atoms with Gasteiger partial charge in [-0.05, 0) is 49.2 Å². The number of rotatable bonds is 9. The first-order valence-electron chi connectivity index (χ1n) is 10.6. The van der Waals surface area contributed by atoms with E-state index in [-0.39, 0.29) is 24.3 Å². The predicted octanol–water partition coefficient (Wildman–Crippen LogP) is 4.25. The molecule has 1 amide bonds. The lowest BCUT2D eigenvalue weighted by Crippen LogP contribution is -2.34. The van der Waals surface area contributed by atoms with Gasteiger partial charge in [0.2, 0.25) is 0 Å². The molecule has 1 aromatic heterocycles. The molecule has 168 valence electrons. The molecule has 0 aliphatic rings. The van der Waals surface area contributed by atoms with Crippen LogP contribution < -0.4 is 14.8 Å². The van der Waals surface area contributed by atoms with Gasteiger partial charge >= 0.3 is 0 Å². The molecule has 0 spiro atoms. The molecule has 0 radical (unpaired) electrons. The van der Waals surface area contributed by atoms with Crippen LogP contribution in [-0.2, 0) is 11.2 Å². The van der Waals surface area contributed by atoms with E-state index in [0.29, 0.717) is 29.3 Å². The summed E-state index contributed by atoms with van der Waals surface area (Å²) >= 11 is 0. The Morgan fingerprint density at radius 3 is 2.48 bits per heavy atom. The molecule has 1 atom stereocenters. The number of aromatic amines is 1. The first-order chi connectivity index (χ1) is 16.0. The van der Waals surface area contributed by atoms with Crippen molar-refractivity contribution >= 4 is 22.7 Å². The van der Waals surface area contributed by atoms with Crippen LogP contribution in [0.3, 0.4) is 0 Å². The number of para-hydroxylation sites is 2. The monoisotopic (exact) mass is 443 g/mol. The summed E-state index contributed by atoms with van der Waals surface area (Å²) in [7, 11) is 1.49. The molecule has 0 bridgehead atoms. The van der Waals surface area contributed by atoms with Crippen LogP contribution in [0.1, 0.15) is 34.7 Å². The van der Waals surface area contributed by atoms with E-state index in [0.717, 1.165) is 16.6 Å². The van der Waals surface area contributed by atoms with Crippen molar-refractivity contribution in [3.63, 3.8) is 0 Å². The molecule has 1 heterocycles. The van der Waals surface area contributed by atoms with Crippen molar-refractivity contribution in [1.29, 1.82) is 0 Å². The van der Waals surface area contributed by atoms with Crippen LogP contribution in [0.5, 0.6) is 11.5 Å². The fourth-order valence-electron chi connectivity index (χ4n) is 3.59. The maximum Gasteiger partial charge on any atom is 0.258 e. The summed E-state index contributed by atoms with van der Waals surface area (Å²) in [6.07, 6.45) is 0.572. The second kappa shape index (κ2) is 9.99. The van der Waals surface area contributed by atoms with E-state index in [2.05, 4.69) is 15.3 Å². The highest BCUT2D eigenvalue weighted by atomic mass is 16.5. The van der Waals surface area contributed by atoms with E-state index in [9.17, 15) is 9.59 Å². The van der Waals surface area contributed by atoms with Crippen LogP contribution in [0.25, 0.3) is 11.0 Å². The molecule has 0 saturated heterocycles. The SMILES string of the molecule is COc1cc(C(C)=O)ccc1OCC(=O)N[C@@H](Cc1ccccc1)c1nc2ccccc2[nH]1. The highest BCUT2D eigenvalue weighted by molar-refractivity contribution is 5.94. The fourth-order valence-corrected chi connectivity index (χ4v) is 3.59. The van der Waals surface area contributed by atoms with Gasteiger partial charge in [0, 0.05) is 5.56 Å². The number of Topliss-reactive ketones (excluding diaryl/α,β-unsaturated/α-hetero) is 1. The normalized spacial score (nSPS) is 11.7. The van der Waals surface area contributed by atoms with Crippen molar-refractivity contribution < 1.29 is 19.1 Å². The van der Waals surface area contributed by atoms with Gasteiger partial charge in [-0.1, -0.05) is 42.5 Å². The summed E-state index contributed by atoms with van der Waals surface area (Å²) in [6, 6.07) is 22.2. The third-order valence-corrected chi connectivity index (χ3v) is 5.28. The average molecular weight is 444 g/mol. The molecule has 3 aromatic carbocycles. The second-order valence-electron chi connectivity index (χ2n) is 7.66. The van der Waals surface area contributed by atoms with Gasteiger partial charge < -0.3 is 19.8 Å². The van der Waals surface area contributed by atoms with Gasteiger partial charge in [-0.25, -0.2) is 4.98 Å². The van der Waals surface area contributed by atoms with Crippen molar-refractivity contribution in [2.45, 2.75) is 19.4 Å². The zero-order valence-corrected chi connectivity index (χ0v) is 18.5. The van der Waals surface area contributed by atoms with Crippen molar-refractivity contribution in [2.24, 2.45) is 0 Å². The molecule has 0 aliphatic carbocycles. The van der Waals surface area contributed by atoms with Gasteiger partial charge in [-0.3, -0.25) is 9.59 Å². The van der Waals surface area contributed by atoms with E-state index < -0.39 is 0 Å². The first-order valence-corrected chi connectivity index (χ1v) is 10.6. The Morgan fingerprint density at radius 2 is 1.76 bits per heavy atom. The number of carbonyl (C=O) groups is 2. The van der Waals surface area contributed by atoms with Gasteiger partial charge in [-0.15, -0.1) is 0 Å². The summed E-state index contributed by atoms with van der Waals surface area (Å²) in [5.74, 6) is 1.09. The highest BCUT2D eigenvalue weighted by Crippen LogP contribution is 2.28. The van der Waals surface area contributed by atoms with Crippen LogP contribution in [0.2, 0.25) is 0 Å². The van der Waals surface area contributed by atoms with E-state index >= 15 is 0 Å². The van der Waals surface area contributed by atoms with Crippen LogP contribution in [0, 0.1) is 0 Å². The van der Waals surface area contributed by atoms with Crippen molar-refractivity contribution in [3.05, 3.63) is 89.7 Å². The number of methoxy groups -OCH3 is 1. The largest absolute Gasteiger partial charge is 0.493 e. The molecule has 0 saturated carbocycles. The lowest BCUT2D eigenvalue weighted by atomic mass is 10.1. The summed E-state index contributed by atoms with van der Waals surface area (Å²) in [6.45, 7) is 1.27. The Kier molecular flexibility index (Phi) is 6.69. The highest BCUT2D eigenvalue weighted by Gasteiger charge is 2.20. The topological polar surface area (TPSA) is 93.3 Å². The van der Waals surface area contributed by atoms with Crippen molar-refractivity contribution in [2.75, 3.05) is 13.7 Å². The van der Waals surface area contributed by atoms with Gasteiger partial charge in [0.15, 0.2) is 23.9 Å². The van der Waals surface area contributed by atoms with Crippen molar-refractivity contribution in [1.82, 2.24) is 15.3 Å².